The fraction of sp³-hybridized carbons (Fsp3) is 0.0714. The van der Waals surface area contributed by atoms with Crippen LogP contribution in [0.1, 0.15) is 0 Å². The van der Waals surface area contributed by atoms with Crippen LogP contribution in [-0.2, 0) is 4.79 Å². The minimum Gasteiger partial charge on any atom is -0.483 e. The topological polar surface area (TPSA) is 64.3 Å². The van der Waals surface area contributed by atoms with E-state index in [1.165, 1.54) is 30.3 Å². The second-order valence-corrected chi connectivity index (χ2v) is 5.01. The van der Waals surface area contributed by atoms with Gasteiger partial charge in [0.25, 0.3) is 5.91 Å². The molecule has 0 atom stereocenters. The molecule has 0 saturated heterocycles. The molecule has 0 bridgehead atoms. The van der Waals surface area contributed by atoms with Crippen LogP contribution in [0.4, 0.5) is 20.2 Å². The lowest BCUT2D eigenvalue weighted by atomic mass is 10.2. The van der Waals surface area contributed by atoms with Crippen LogP contribution >= 0.6 is 15.9 Å². The maximum atomic E-state index is 13.4. The molecule has 0 unspecified atom stereocenters. The molecule has 2 rings (SSSR count). The number of hydrogen-bond donors (Lipinski definition) is 2. The van der Waals surface area contributed by atoms with Gasteiger partial charge in [-0.05, 0) is 52.3 Å². The first-order chi connectivity index (χ1) is 9.95. The Labute approximate surface area is 128 Å². The maximum Gasteiger partial charge on any atom is 0.262 e. The largest absolute Gasteiger partial charge is 0.483 e. The molecule has 1 amide bonds. The van der Waals surface area contributed by atoms with Gasteiger partial charge in [-0.1, -0.05) is 0 Å². The quantitative estimate of drug-likeness (QED) is 0.825. The molecule has 0 aliphatic rings. The highest BCUT2D eigenvalue weighted by molar-refractivity contribution is 9.10. The van der Waals surface area contributed by atoms with Gasteiger partial charge in [-0.2, -0.15) is 0 Å². The molecule has 0 saturated carbocycles. The Morgan fingerprint density at radius 1 is 1.24 bits per heavy atom. The van der Waals surface area contributed by atoms with Gasteiger partial charge in [0, 0.05) is 5.69 Å². The smallest absolute Gasteiger partial charge is 0.262 e. The Hall–Kier alpha value is -2.15. The van der Waals surface area contributed by atoms with Crippen LogP contribution in [0.25, 0.3) is 0 Å². The number of amides is 1. The number of nitrogen functional groups attached to an aromatic ring is 1. The van der Waals surface area contributed by atoms with Crippen LogP contribution in [0.15, 0.2) is 40.9 Å². The molecule has 110 valence electrons. The molecular formula is C14H11BrF2N2O2. The van der Waals surface area contributed by atoms with E-state index in [1.54, 1.807) is 0 Å². The molecule has 3 N–H and O–H groups in total. The number of anilines is 2. The van der Waals surface area contributed by atoms with E-state index in [1.807, 2.05) is 0 Å². The van der Waals surface area contributed by atoms with Crippen molar-refractivity contribution in [2.24, 2.45) is 0 Å². The normalized spacial score (nSPS) is 10.2. The van der Waals surface area contributed by atoms with E-state index in [0.717, 1.165) is 6.07 Å². The summed E-state index contributed by atoms with van der Waals surface area (Å²) in [5.41, 5.74) is 5.81. The highest BCUT2D eigenvalue weighted by atomic mass is 79.9. The van der Waals surface area contributed by atoms with Gasteiger partial charge < -0.3 is 15.8 Å². The lowest BCUT2D eigenvalue weighted by Gasteiger charge is -2.10. The van der Waals surface area contributed by atoms with Crippen molar-refractivity contribution in [1.82, 2.24) is 0 Å². The van der Waals surface area contributed by atoms with Gasteiger partial charge in [0.1, 0.15) is 17.4 Å². The van der Waals surface area contributed by atoms with Gasteiger partial charge in [-0.25, -0.2) is 8.78 Å². The monoisotopic (exact) mass is 356 g/mol. The summed E-state index contributed by atoms with van der Waals surface area (Å²) >= 11 is 3.11. The molecule has 0 spiro atoms. The zero-order valence-electron chi connectivity index (χ0n) is 10.7. The predicted molar refractivity (Wildman–Crippen MR) is 79.0 cm³/mol. The van der Waals surface area contributed by atoms with Crippen LogP contribution < -0.4 is 15.8 Å². The first kappa shape index (κ1) is 15.2. The molecule has 21 heavy (non-hydrogen) atoms. The Balaban J connectivity index is 1.97. The van der Waals surface area contributed by atoms with Crippen LogP contribution in [0, 0.1) is 11.6 Å². The van der Waals surface area contributed by atoms with E-state index in [2.05, 4.69) is 21.2 Å². The van der Waals surface area contributed by atoms with Crippen molar-refractivity contribution in [2.45, 2.75) is 0 Å². The second-order valence-electron chi connectivity index (χ2n) is 4.15. The number of halogens is 3. The van der Waals surface area contributed by atoms with Crippen molar-refractivity contribution in [3.05, 3.63) is 52.5 Å². The molecule has 2 aromatic carbocycles. The number of ether oxygens (including phenoxy) is 1. The maximum absolute atomic E-state index is 13.4. The van der Waals surface area contributed by atoms with Gasteiger partial charge >= 0.3 is 0 Å². The van der Waals surface area contributed by atoms with Crippen molar-refractivity contribution >= 4 is 33.2 Å². The Bertz CT molecular complexity index is 680. The van der Waals surface area contributed by atoms with Gasteiger partial charge in [-0.3, -0.25) is 4.79 Å². The minimum absolute atomic E-state index is 0.0261. The Morgan fingerprint density at radius 3 is 2.71 bits per heavy atom. The molecule has 0 radical (unpaired) electrons. The Morgan fingerprint density at radius 2 is 2.00 bits per heavy atom. The van der Waals surface area contributed by atoms with Crippen molar-refractivity contribution < 1.29 is 18.3 Å². The molecule has 0 heterocycles. The molecule has 7 heteroatoms. The van der Waals surface area contributed by atoms with Crippen LogP contribution in [0.2, 0.25) is 0 Å². The predicted octanol–water partition coefficient (Wildman–Crippen LogP) is 3.33. The number of nitrogens with one attached hydrogen (secondary N) is 1. The molecule has 0 aliphatic heterocycles. The summed E-state index contributed by atoms with van der Waals surface area (Å²) in [6.45, 7) is -0.349. The molecule has 4 nitrogen and oxygen atoms in total. The number of carbonyl (C=O) groups is 1. The summed E-state index contributed by atoms with van der Waals surface area (Å²) in [5.74, 6) is -1.28. The van der Waals surface area contributed by atoms with Crippen molar-refractivity contribution in [2.75, 3.05) is 17.7 Å². The molecule has 0 aromatic heterocycles. The average Bonchev–Trinajstić information content (AvgIpc) is 2.42. The van der Waals surface area contributed by atoms with Crippen LogP contribution in [0.3, 0.4) is 0 Å². The summed E-state index contributed by atoms with van der Waals surface area (Å²) in [6, 6.07) is 7.65. The Kier molecular flexibility index (Phi) is 4.74. The fourth-order valence-electron chi connectivity index (χ4n) is 1.56. The molecular weight excluding hydrogens is 346 g/mol. The minimum atomic E-state index is -0.597. The highest BCUT2D eigenvalue weighted by Gasteiger charge is 2.10. The van der Waals surface area contributed by atoms with E-state index in [9.17, 15) is 13.6 Å². The zero-order chi connectivity index (χ0) is 15.4. The van der Waals surface area contributed by atoms with Crippen LogP contribution in [-0.4, -0.2) is 12.5 Å². The van der Waals surface area contributed by atoms with E-state index < -0.39 is 17.5 Å². The van der Waals surface area contributed by atoms with Crippen molar-refractivity contribution in [3.63, 3.8) is 0 Å². The van der Waals surface area contributed by atoms with E-state index >= 15 is 0 Å². The lowest BCUT2D eigenvalue weighted by molar-refractivity contribution is -0.118. The van der Waals surface area contributed by atoms with Gasteiger partial charge in [0.2, 0.25) is 0 Å². The van der Waals surface area contributed by atoms with E-state index in [0.29, 0.717) is 15.9 Å². The number of carbonyl (C=O) groups excluding carboxylic acids is 1. The summed E-state index contributed by atoms with van der Waals surface area (Å²) in [6.07, 6.45) is 0. The standard InChI is InChI=1S/C14H11BrF2N2O2/c15-10-5-8(16)1-4-13(10)21-7-14(20)19-12-6-9(18)2-3-11(12)17/h1-6H,7,18H2,(H,19,20). The van der Waals surface area contributed by atoms with Crippen LogP contribution in [0.5, 0.6) is 5.75 Å². The highest BCUT2D eigenvalue weighted by Crippen LogP contribution is 2.25. The fourth-order valence-corrected chi connectivity index (χ4v) is 2.03. The number of benzene rings is 2. The van der Waals surface area contributed by atoms with E-state index in [-0.39, 0.29) is 12.3 Å². The van der Waals surface area contributed by atoms with Gasteiger partial charge in [0.15, 0.2) is 6.61 Å². The molecule has 0 aliphatic carbocycles. The SMILES string of the molecule is Nc1ccc(F)c(NC(=O)COc2ccc(F)cc2Br)c1. The first-order valence-electron chi connectivity index (χ1n) is 5.88. The average molecular weight is 357 g/mol. The lowest BCUT2D eigenvalue weighted by Crippen LogP contribution is -2.21. The number of hydrogen-bond acceptors (Lipinski definition) is 3. The first-order valence-corrected chi connectivity index (χ1v) is 6.68. The summed E-state index contributed by atoms with van der Waals surface area (Å²) in [5, 5.41) is 2.34. The third-order valence-corrected chi connectivity index (χ3v) is 3.14. The van der Waals surface area contributed by atoms with E-state index in [4.69, 9.17) is 10.5 Å². The van der Waals surface area contributed by atoms with Gasteiger partial charge in [-0.15, -0.1) is 0 Å². The van der Waals surface area contributed by atoms with Gasteiger partial charge in [0.05, 0.1) is 10.2 Å². The summed E-state index contributed by atoms with van der Waals surface area (Å²) < 4.78 is 31.9. The number of rotatable bonds is 4. The van der Waals surface area contributed by atoms with Crippen molar-refractivity contribution in [3.8, 4) is 5.75 Å². The molecule has 2 aromatic rings. The third kappa shape index (κ3) is 4.16. The summed E-state index contributed by atoms with van der Waals surface area (Å²) in [4.78, 5) is 11.7. The van der Waals surface area contributed by atoms with Crippen molar-refractivity contribution in [1.29, 1.82) is 0 Å². The zero-order valence-corrected chi connectivity index (χ0v) is 12.3. The third-order valence-electron chi connectivity index (χ3n) is 2.52. The molecule has 0 fully saturated rings. The number of nitrogens with two attached hydrogens (primary N) is 1. The second kappa shape index (κ2) is 6.53. The summed E-state index contributed by atoms with van der Waals surface area (Å²) in [7, 11) is 0.